The quantitative estimate of drug-likeness (QED) is 0.752. The normalized spacial score (nSPS) is 11.9. The molecular weight excluding hydrogens is 226 g/mol. The van der Waals surface area contributed by atoms with Crippen LogP contribution in [0.5, 0.6) is 5.75 Å². The van der Waals surface area contributed by atoms with Crippen LogP contribution in [0, 0.1) is 0 Å². The average Bonchev–Trinajstić information content (AvgIpc) is 2.39. The lowest BCUT2D eigenvalue weighted by Crippen LogP contribution is -2.32. The number of amides is 1. The van der Waals surface area contributed by atoms with Crippen LogP contribution in [0.4, 0.5) is 0 Å². The summed E-state index contributed by atoms with van der Waals surface area (Å²) < 4.78 is 5.06. The van der Waals surface area contributed by atoms with E-state index in [0.29, 0.717) is 5.56 Å². The Labute approximate surface area is 110 Å². The van der Waals surface area contributed by atoms with Crippen molar-refractivity contribution in [2.24, 2.45) is 0 Å². The van der Waals surface area contributed by atoms with Crippen molar-refractivity contribution in [1.82, 2.24) is 5.32 Å². The molecule has 0 radical (unpaired) electrons. The SMILES string of the molecule is CCCCCC(C)NC(=O)c1ccc(OC)cc1. The van der Waals surface area contributed by atoms with Crippen LogP contribution in [0.1, 0.15) is 49.9 Å². The van der Waals surface area contributed by atoms with E-state index in [1.54, 1.807) is 31.4 Å². The average molecular weight is 249 g/mol. The van der Waals surface area contributed by atoms with Crippen molar-refractivity contribution >= 4 is 5.91 Å². The lowest BCUT2D eigenvalue weighted by molar-refractivity contribution is 0.0938. The van der Waals surface area contributed by atoms with Gasteiger partial charge in [-0.3, -0.25) is 4.79 Å². The van der Waals surface area contributed by atoms with Crippen molar-refractivity contribution in [1.29, 1.82) is 0 Å². The maximum Gasteiger partial charge on any atom is 0.251 e. The minimum absolute atomic E-state index is 0.0124. The standard InChI is InChI=1S/C15H23NO2/c1-4-5-6-7-12(2)16-15(17)13-8-10-14(18-3)11-9-13/h8-12H,4-7H2,1-3H3,(H,16,17). The molecule has 3 nitrogen and oxygen atoms in total. The van der Waals surface area contributed by atoms with E-state index < -0.39 is 0 Å². The van der Waals surface area contributed by atoms with Gasteiger partial charge >= 0.3 is 0 Å². The number of nitrogens with one attached hydrogen (secondary N) is 1. The smallest absolute Gasteiger partial charge is 0.251 e. The van der Waals surface area contributed by atoms with Gasteiger partial charge in [0.1, 0.15) is 5.75 Å². The summed E-state index contributed by atoms with van der Waals surface area (Å²) in [5, 5.41) is 3.01. The Morgan fingerprint density at radius 2 is 1.94 bits per heavy atom. The zero-order valence-electron chi connectivity index (χ0n) is 11.5. The van der Waals surface area contributed by atoms with Gasteiger partial charge in [0.05, 0.1) is 7.11 Å². The van der Waals surface area contributed by atoms with Gasteiger partial charge in [-0.05, 0) is 37.6 Å². The summed E-state index contributed by atoms with van der Waals surface area (Å²) in [6.45, 7) is 4.23. The van der Waals surface area contributed by atoms with Crippen molar-refractivity contribution in [3.05, 3.63) is 29.8 Å². The predicted molar refractivity (Wildman–Crippen MR) is 74.1 cm³/mol. The minimum Gasteiger partial charge on any atom is -0.497 e. The topological polar surface area (TPSA) is 38.3 Å². The Hall–Kier alpha value is -1.51. The Kier molecular flexibility index (Phi) is 6.26. The number of hydrogen-bond donors (Lipinski definition) is 1. The molecule has 0 heterocycles. The van der Waals surface area contributed by atoms with Crippen molar-refractivity contribution < 1.29 is 9.53 Å². The summed E-state index contributed by atoms with van der Waals surface area (Å²) >= 11 is 0. The van der Waals surface area contributed by atoms with Crippen molar-refractivity contribution in [2.45, 2.75) is 45.6 Å². The van der Waals surface area contributed by atoms with Gasteiger partial charge in [0.15, 0.2) is 0 Å². The number of rotatable bonds is 7. The molecule has 3 heteroatoms. The van der Waals surface area contributed by atoms with Gasteiger partial charge in [-0.25, -0.2) is 0 Å². The highest BCUT2D eigenvalue weighted by molar-refractivity contribution is 5.94. The third-order valence-corrected chi connectivity index (χ3v) is 2.97. The maximum absolute atomic E-state index is 11.9. The van der Waals surface area contributed by atoms with Crippen LogP contribution in [-0.2, 0) is 0 Å². The summed E-state index contributed by atoms with van der Waals surface area (Å²) in [6, 6.07) is 7.40. The van der Waals surface area contributed by atoms with Gasteiger partial charge in [0, 0.05) is 11.6 Å². The Morgan fingerprint density at radius 3 is 2.50 bits per heavy atom. The molecule has 0 fully saturated rings. The molecule has 0 aromatic heterocycles. The van der Waals surface area contributed by atoms with E-state index in [4.69, 9.17) is 4.74 Å². The van der Waals surface area contributed by atoms with Crippen LogP contribution in [0.3, 0.4) is 0 Å². The second-order valence-electron chi connectivity index (χ2n) is 4.60. The zero-order chi connectivity index (χ0) is 13.4. The first-order valence-electron chi connectivity index (χ1n) is 6.62. The molecule has 0 saturated heterocycles. The van der Waals surface area contributed by atoms with E-state index >= 15 is 0 Å². The fourth-order valence-corrected chi connectivity index (χ4v) is 1.82. The first kappa shape index (κ1) is 14.6. The number of carbonyl (C=O) groups is 1. The van der Waals surface area contributed by atoms with Crippen LogP contribution < -0.4 is 10.1 Å². The molecule has 1 unspecified atom stereocenters. The van der Waals surface area contributed by atoms with Crippen LogP contribution in [0.25, 0.3) is 0 Å². The molecule has 0 saturated carbocycles. The third-order valence-electron chi connectivity index (χ3n) is 2.97. The molecular formula is C15H23NO2. The van der Waals surface area contributed by atoms with Crippen LogP contribution in [-0.4, -0.2) is 19.1 Å². The number of benzene rings is 1. The minimum atomic E-state index is -0.0124. The van der Waals surface area contributed by atoms with Crippen LogP contribution in [0.15, 0.2) is 24.3 Å². The zero-order valence-corrected chi connectivity index (χ0v) is 11.5. The molecule has 0 aliphatic heterocycles. The van der Waals surface area contributed by atoms with Gasteiger partial charge in [-0.1, -0.05) is 26.2 Å². The third kappa shape index (κ3) is 4.78. The summed E-state index contributed by atoms with van der Waals surface area (Å²) in [6.07, 6.45) is 4.64. The van der Waals surface area contributed by atoms with Gasteiger partial charge in [-0.15, -0.1) is 0 Å². The first-order chi connectivity index (χ1) is 8.67. The van der Waals surface area contributed by atoms with Crippen molar-refractivity contribution in [3.63, 3.8) is 0 Å². The second kappa shape index (κ2) is 7.75. The van der Waals surface area contributed by atoms with Crippen LogP contribution >= 0.6 is 0 Å². The second-order valence-corrected chi connectivity index (χ2v) is 4.60. The Balaban J connectivity index is 2.43. The van der Waals surface area contributed by atoms with Crippen molar-refractivity contribution in [3.8, 4) is 5.75 Å². The number of carbonyl (C=O) groups excluding carboxylic acids is 1. The Morgan fingerprint density at radius 1 is 1.28 bits per heavy atom. The molecule has 1 aromatic carbocycles. The van der Waals surface area contributed by atoms with E-state index in [1.807, 2.05) is 0 Å². The molecule has 18 heavy (non-hydrogen) atoms. The molecule has 1 amide bonds. The summed E-state index contributed by atoms with van der Waals surface area (Å²) in [5.74, 6) is 0.754. The first-order valence-corrected chi connectivity index (χ1v) is 6.62. The highest BCUT2D eigenvalue weighted by Crippen LogP contribution is 2.11. The van der Waals surface area contributed by atoms with Gasteiger partial charge in [-0.2, -0.15) is 0 Å². The highest BCUT2D eigenvalue weighted by Gasteiger charge is 2.09. The monoisotopic (exact) mass is 249 g/mol. The molecule has 0 aliphatic rings. The van der Waals surface area contributed by atoms with E-state index in [0.717, 1.165) is 12.2 Å². The molecule has 100 valence electrons. The van der Waals surface area contributed by atoms with Gasteiger partial charge in [0.25, 0.3) is 5.91 Å². The summed E-state index contributed by atoms with van der Waals surface area (Å²) in [5.41, 5.74) is 0.679. The van der Waals surface area contributed by atoms with E-state index in [1.165, 1.54) is 19.3 Å². The largest absolute Gasteiger partial charge is 0.497 e. The van der Waals surface area contributed by atoms with Crippen molar-refractivity contribution in [2.75, 3.05) is 7.11 Å². The van der Waals surface area contributed by atoms with Crippen LogP contribution in [0.2, 0.25) is 0 Å². The van der Waals surface area contributed by atoms with Gasteiger partial charge < -0.3 is 10.1 Å². The fourth-order valence-electron chi connectivity index (χ4n) is 1.82. The number of ether oxygens (including phenoxy) is 1. The molecule has 1 N–H and O–H groups in total. The molecule has 0 aliphatic carbocycles. The number of methoxy groups -OCH3 is 1. The maximum atomic E-state index is 11.9. The van der Waals surface area contributed by atoms with E-state index in [2.05, 4.69) is 19.2 Å². The molecule has 1 rings (SSSR count). The number of unbranched alkanes of at least 4 members (excludes halogenated alkanes) is 2. The number of hydrogen-bond acceptors (Lipinski definition) is 2. The lowest BCUT2D eigenvalue weighted by atomic mass is 10.1. The molecule has 0 bridgehead atoms. The highest BCUT2D eigenvalue weighted by atomic mass is 16.5. The summed E-state index contributed by atoms with van der Waals surface area (Å²) in [4.78, 5) is 11.9. The lowest BCUT2D eigenvalue weighted by Gasteiger charge is -2.13. The fraction of sp³-hybridized carbons (Fsp3) is 0.533. The molecule has 1 atom stereocenters. The Bertz CT molecular complexity index is 359. The molecule has 1 aromatic rings. The van der Waals surface area contributed by atoms with E-state index in [-0.39, 0.29) is 11.9 Å². The predicted octanol–water partition coefficient (Wildman–Crippen LogP) is 3.39. The van der Waals surface area contributed by atoms with Gasteiger partial charge in [0.2, 0.25) is 0 Å². The van der Waals surface area contributed by atoms with E-state index in [9.17, 15) is 4.79 Å². The molecule has 0 spiro atoms. The summed E-state index contributed by atoms with van der Waals surface area (Å²) in [7, 11) is 1.62.